The molecule has 0 radical (unpaired) electrons. The fraction of sp³-hybridized carbons (Fsp3) is 0.381. The molecule has 0 unspecified atom stereocenters. The summed E-state index contributed by atoms with van der Waals surface area (Å²) in [6.07, 6.45) is 5.43. The maximum atomic E-state index is 12.6. The highest BCUT2D eigenvalue weighted by atomic mass is 35.5. The van der Waals surface area contributed by atoms with Crippen molar-refractivity contribution >= 4 is 33.2 Å². The molecule has 1 fully saturated rings. The molecule has 2 aromatic rings. The molecule has 2 aromatic carbocycles. The molecule has 0 aromatic heterocycles. The summed E-state index contributed by atoms with van der Waals surface area (Å²) < 4.78 is 38.2. The summed E-state index contributed by atoms with van der Waals surface area (Å²) in [5.74, 6) is 0.657. The number of hydrogen-bond donors (Lipinski definition) is 2. The van der Waals surface area contributed by atoms with Crippen molar-refractivity contribution < 1.29 is 22.7 Å². The quantitative estimate of drug-likeness (QED) is 0.631. The molecule has 0 atom stereocenters. The summed E-state index contributed by atoms with van der Waals surface area (Å²) >= 11 is 6.19. The van der Waals surface area contributed by atoms with Crippen LogP contribution in [0.4, 0.5) is 5.69 Å². The van der Waals surface area contributed by atoms with E-state index in [2.05, 4.69) is 10.0 Å². The van der Waals surface area contributed by atoms with Gasteiger partial charge in [-0.25, -0.2) is 8.42 Å². The molecule has 1 amide bonds. The van der Waals surface area contributed by atoms with Crippen molar-refractivity contribution in [3.8, 4) is 11.5 Å². The molecular formula is C21H25ClN2O5S. The van der Waals surface area contributed by atoms with Gasteiger partial charge in [0.05, 0.1) is 17.0 Å². The van der Waals surface area contributed by atoms with Crippen molar-refractivity contribution in [1.29, 1.82) is 0 Å². The van der Waals surface area contributed by atoms with Crippen LogP contribution in [-0.4, -0.2) is 34.1 Å². The second-order valence-electron chi connectivity index (χ2n) is 7.12. The number of sulfonamides is 1. The van der Waals surface area contributed by atoms with Crippen molar-refractivity contribution in [2.45, 2.75) is 43.0 Å². The minimum absolute atomic E-state index is 0.0117. The first-order chi connectivity index (χ1) is 14.4. The van der Waals surface area contributed by atoms with E-state index in [-0.39, 0.29) is 34.2 Å². The number of halogens is 1. The summed E-state index contributed by atoms with van der Waals surface area (Å²) in [6.45, 7) is -0.174. The molecule has 7 nitrogen and oxygen atoms in total. The Morgan fingerprint density at radius 1 is 1.10 bits per heavy atom. The molecule has 1 aliphatic rings. The van der Waals surface area contributed by atoms with Gasteiger partial charge >= 0.3 is 0 Å². The predicted molar refractivity (Wildman–Crippen MR) is 116 cm³/mol. The molecule has 0 heterocycles. The lowest BCUT2D eigenvalue weighted by atomic mass is 9.95. The Kier molecular flexibility index (Phi) is 7.44. The van der Waals surface area contributed by atoms with Crippen LogP contribution in [-0.2, 0) is 14.8 Å². The molecular weight excluding hydrogens is 428 g/mol. The number of rotatable bonds is 8. The summed E-state index contributed by atoms with van der Waals surface area (Å²) in [6, 6.07) is 10.8. The van der Waals surface area contributed by atoms with E-state index in [0.29, 0.717) is 11.4 Å². The van der Waals surface area contributed by atoms with Crippen LogP contribution >= 0.6 is 11.6 Å². The zero-order valence-electron chi connectivity index (χ0n) is 16.7. The molecule has 162 valence electrons. The number of amides is 1. The van der Waals surface area contributed by atoms with Gasteiger partial charge in [-0.1, -0.05) is 30.9 Å². The monoisotopic (exact) mass is 452 g/mol. The summed E-state index contributed by atoms with van der Waals surface area (Å²) in [5.41, 5.74) is 0.395. The Labute approximate surface area is 181 Å². The highest BCUT2D eigenvalue weighted by Gasteiger charge is 2.18. The topological polar surface area (TPSA) is 93.7 Å². The molecule has 0 spiro atoms. The van der Waals surface area contributed by atoms with Crippen molar-refractivity contribution in [2.24, 2.45) is 0 Å². The Bertz CT molecular complexity index is 973. The zero-order chi connectivity index (χ0) is 21.6. The average Bonchev–Trinajstić information content (AvgIpc) is 2.74. The minimum Gasteiger partial charge on any atom is -0.497 e. The van der Waals surface area contributed by atoms with Crippen LogP contribution in [0.25, 0.3) is 0 Å². The molecule has 9 heteroatoms. The average molecular weight is 453 g/mol. The van der Waals surface area contributed by atoms with Crippen LogP contribution in [0.2, 0.25) is 5.02 Å². The smallest absolute Gasteiger partial charge is 0.261 e. The first-order valence-corrected chi connectivity index (χ1v) is 11.6. The lowest BCUT2D eigenvalue weighted by molar-refractivity contribution is -0.124. The summed E-state index contributed by atoms with van der Waals surface area (Å²) in [5, 5.41) is 3.07. The van der Waals surface area contributed by atoms with Crippen LogP contribution in [0.3, 0.4) is 0 Å². The van der Waals surface area contributed by atoms with E-state index >= 15 is 0 Å². The van der Waals surface area contributed by atoms with Crippen LogP contribution in [0.1, 0.15) is 32.1 Å². The third-order valence-electron chi connectivity index (χ3n) is 4.88. The second-order valence-corrected chi connectivity index (χ2v) is 9.21. The molecule has 0 bridgehead atoms. The standard InChI is InChI=1S/C21H25ClN2O5S/c1-28-17-9-7-16(8-10-17)24-30(26,27)18-11-12-20(19(22)13-18)29-14-21(25)23-15-5-3-2-4-6-15/h7-13,15,24H,2-6,14H2,1H3,(H,23,25). The number of nitrogens with one attached hydrogen (secondary N) is 2. The number of ether oxygens (including phenoxy) is 2. The van der Waals surface area contributed by atoms with Crippen LogP contribution in [0.5, 0.6) is 11.5 Å². The Morgan fingerprint density at radius 2 is 1.80 bits per heavy atom. The molecule has 2 N–H and O–H groups in total. The minimum atomic E-state index is -3.83. The van der Waals surface area contributed by atoms with Crippen LogP contribution < -0.4 is 19.5 Å². The number of carbonyl (C=O) groups is 1. The molecule has 1 aliphatic carbocycles. The van der Waals surface area contributed by atoms with Crippen molar-refractivity contribution in [1.82, 2.24) is 5.32 Å². The van der Waals surface area contributed by atoms with E-state index in [1.807, 2.05) is 0 Å². The normalized spacial score (nSPS) is 14.7. The number of methoxy groups -OCH3 is 1. The van der Waals surface area contributed by atoms with E-state index in [1.54, 1.807) is 24.3 Å². The van der Waals surface area contributed by atoms with E-state index < -0.39 is 10.0 Å². The summed E-state index contributed by atoms with van der Waals surface area (Å²) in [7, 11) is -2.30. The molecule has 3 rings (SSSR count). The third kappa shape index (κ3) is 6.03. The van der Waals surface area contributed by atoms with Gasteiger partial charge in [0.25, 0.3) is 15.9 Å². The van der Waals surface area contributed by atoms with E-state index in [9.17, 15) is 13.2 Å². The van der Waals surface area contributed by atoms with E-state index in [1.165, 1.54) is 31.7 Å². The lowest BCUT2D eigenvalue weighted by Crippen LogP contribution is -2.39. The lowest BCUT2D eigenvalue weighted by Gasteiger charge is -2.22. The van der Waals surface area contributed by atoms with Crippen molar-refractivity contribution in [3.05, 3.63) is 47.5 Å². The van der Waals surface area contributed by atoms with Crippen molar-refractivity contribution in [2.75, 3.05) is 18.4 Å². The highest BCUT2D eigenvalue weighted by Crippen LogP contribution is 2.28. The van der Waals surface area contributed by atoms with Crippen LogP contribution in [0.15, 0.2) is 47.4 Å². The molecule has 30 heavy (non-hydrogen) atoms. The van der Waals surface area contributed by atoms with Gasteiger partial charge in [0, 0.05) is 11.7 Å². The second kappa shape index (κ2) is 10.0. The predicted octanol–water partition coefficient (Wildman–Crippen LogP) is 3.98. The SMILES string of the molecule is COc1ccc(NS(=O)(=O)c2ccc(OCC(=O)NC3CCCCC3)c(Cl)c2)cc1. The Morgan fingerprint density at radius 3 is 2.43 bits per heavy atom. The van der Waals surface area contributed by atoms with Crippen molar-refractivity contribution in [3.63, 3.8) is 0 Å². The maximum absolute atomic E-state index is 12.6. The number of benzene rings is 2. The molecule has 1 saturated carbocycles. The fourth-order valence-electron chi connectivity index (χ4n) is 3.30. The number of anilines is 1. The fourth-order valence-corrected chi connectivity index (χ4v) is 4.68. The van der Waals surface area contributed by atoms with E-state index in [0.717, 1.165) is 25.7 Å². The summed E-state index contributed by atoms with van der Waals surface area (Å²) in [4.78, 5) is 12.1. The van der Waals surface area contributed by atoms with Gasteiger partial charge in [-0.3, -0.25) is 9.52 Å². The van der Waals surface area contributed by atoms with Gasteiger partial charge in [-0.05, 0) is 55.3 Å². The van der Waals surface area contributed by atoms with Gasteiger partial charge < -0.3 is 14.8 Å². The largest absolute Gasteiger partial charge is 0.497 e. The van der Waals surface area contributed by atoms with Gasteiger partial charge in [0.2, 0.25) is 0 Å². The maximum Gasteiger partial charge on any atom is 0.261 e. The molecule has 0 aliphatic heterocycles. The first kappa shape index (κ1) is 22.2. The van der Waals surface area contributed by atoms with Gasteiger partial charge in [-0.15, -0.1) is 0 Å². The Balaban J connectivity index is 1.59. The van der Waals surface area contributed by atoms with Gasteiger partial charge in [0.15, 0.2) is 6.61 Å². The number of carbonyl (C=O) groups excluding carboxylic acids is 1. The molecule has 0 saturated heterocycles. The number of hydrogen-bond acceptors (Lipinski definition) is 5. The third-order valence-corrected chi connectivity index (χ3v) is 6.56. The van der Waals surface area contributed by atoms with Crippen LogP contribution in [0, 0.1) is 0 Å². The first-order valence-electron chi connectivity index (χ1n) is 9.76. The highest BCUT2D eigenvalue weighted by molar-refractivity contribution is 7.92. The zero-order valence-corrected chi connectivity index (χ0v) is 18.3. The van der Waals surface area contributed by atoms with Gasteiger partial charge in [-0.2, -0.15) is 0 Å². The Hall–Kier alpha value is -2.45. The van der Waals surface area contributed by atoms with E-state index in [4.69, 9.17) is 21.1 Å². The van der Waals surface area contributed by atoms with Gasteiger partial charge in [0.1, 0.15) is 11.5 Å².